The topological polar surface area (TPSA) is 274 Å². The second-order valence-electron chi connectivity index (χ2n) is 18.4. The van der Waals surface area contributed by atoms with E-state index in [0.717, 1.165) is 36.7 Å². The first kappa shape index (κ1) is 55.5. The maximum atomic E-state index is 14.4. The number of fused-ring (bicyclic) bond motifs is 1. The number of aryl methyl sites for hydroxylation is 1. The van der Waals surface area contributed by atoms with Gasteiger partial charge in [0, 0.05) is 50.5 Å². The molecule has 3 aromatic heterocycles. The third-order valence-electron chi connectivity index (χ3n) is 11.7. The lowest BCUT2D eigenvalue weighted by Crippen LogP contribution is -2.49. The molecule has 0 unspecified atom stereocenters. The van der Waals surface area contributed by atoms with Gasteiger partial charge in [-0.3, -0.25) is 23.4 Å². The molecule has 1 amide bonds. The number of halogens is 1. The van der Waals surface area contributed by atoms with Crippen LogP contribution in [0.25, 0.3) is 11.2 Å². The number of aromatic nitrogens is 7. The Balaban J connectivity index is 1.21. The van der Waals surface area contributed by atoms with Crippen LogP contribution < -0.4 is 21.5 Å². The van der Waals surface area contributed by atoms with Crippen molar-refractivity contribution in [2.24, 2.45) is 7.05 Å². The lowest BCUT2D eigenvalue weighted by Gasteiger charge is -2.34. The van der Waals surface area contributed by atoms with E-state index in [1.807, 2.05) is 9.80 Å². The fourth-order valence-corrected chi connectivity index (χ4v) is 8.23. The monoisotopic (exact) mass is 1000 g/mol. The molecule has 0 aliphatic carbocycles. The highest BCUT2D eigenvalue weighted by Crippen LogP contribution is 2.25. The number of nitrogens with one attached hydrogen (secondary N) is 1. The Morgan fingerprint density at radius 3 is 2.51 bits per heavy atom. The average molecular weight is 1000 g/mol. The molecule has 70 heavy (non-hydrogen) atoms. The molecule has 4 aromatic rings. The zero-order chi connectivity index (χ0) is 51.1. The number of imidazole rings is 1. The molecule has 1 fully saturated rings. The largest absolute Gasteiger partial charge is 0.460 e. The number of amides is 1. The Morgan fingerprint density at radius 2 is 1.80 bits per heavy atom. The molecule has 0 bridgehead atoms. The van der Waals surface area contributed by atoms with E-state index in [1.165, 1.54) is 17.7 Å². The van der Waals surface area contributed by atoms with Crippen molar-refractivity contribution in [3.05, 3.63) is 67.1 Å². The van der Waals surface area contributed by atoms with Crippen molar-refractivity contribution < 1.29 is 49.3 Å². The summed E-state index contributed by atoms with van der Waals surface area (Å²) in [5.74, 6) is 5.57. The molecule has 23 heteroatoms. The minimum atomic E-state index is -1.73. The summed E-state index contributed by atoms with van der Waals surface area (Å²) >= 11 is 6.34. The van der Waals surface area contributed by atoms with Gasteiger partial charge in [-0.05, 0) is 71.2 Å². The summed E-state index contributed by atoms with van der Waals surface area (Å²) in [6, 6.07) is 4.26. The first-order valence-electron chi connectivity index (χ1n) is 23.7. The Labute approximate surface area is 411 Å². The van der Waals surface area contributed by atoms with Gasteiger partial charge in [0.1, 0.15) is 30.5 Å². The molecule has 1 aliphatic heterocycles. The number of carbonyl (C=O) groups is 2. The number of benzene rings is 1. The van der Waals surface area contributed by atoms with Gasteiger partial charge in [-0.2, -0.15) is 4.98 Å². The van der Waals surface area contributed by atoms with Crippen LogP contribution in [0.15, 0.2) is 34.0 Å². The maximum absolute atomic E-state index is 14.4. The predicted molar refractivity (Wildman–Crippen MR) is 259 cm³/mol. The standard InChI is InChI=1S/C47H69ClN10O12/c1-7-9-11-12-17-54(29-36(60)39(62)40(63)37(61)30-59)26-34-28-56(52-51-34)20-21-68-22-23-69-43(65)35-24-32(48)16-15-31(35)25-58-42(64)38-41(53(6)46(58)67)50-44(57(38)19-10-8-2)55-18-13-14-33(27-55)49-45(66)70-47(3,4)5/h15-16,24,28,33,36-37,39-40,59-63H,7,9,11-14,17-23,25-27,29-30H2,1-6H3,(H,49,66)/t33-,36+,37-,39-,40-/m1/s1. The minimum absolute atomic E-state index is 0.0254. The van der Waals surface area contributed by atoms with Gasteiger partial charge < -0.3 is 50.0 Å². The van der Waals surface area contributed by atoms with E-state index in [4.69, 9.17) is 35.9 Å². The highest BCUT2D eigenvalue weighted by molar-refractivity contribution is 6.31. The molecule has 4 heterocycles. The molecule has 1 saturated heterocycles. The van der Waals surface area contributed by atoms with Crippen LogP contribution in [-0.2, 0) is 47.4 Å². The van der Waals surface area contributed by atoms with Crippen LogP contribution in [-0.4, -0.2) is 165 Å². The summed E-state index contributed by atoms with van der Waals surface area (Å²) in [5, 5.41) is 61.6. The van der Waals surface area contributed by atoms with Crippen LogP contribution in [0.3, 0.4) is 0 Å². The molecule has 1 aliphatic rings. The number of nitrogens with zero attached hydrogens (tertiary/aromatic N) is 9. The number of anilines is 1. The average Bonchev–Trinajstić information content (AvgIpc) is 3.94. The van der Waals surface area contributed by atoms with Gasteiger partial charge >= 0.3 is 17.8 Å². The molecule has 6 N–H and O–H groups in total. The number of hydrogen-bond donors (Lipinski definition) is 6. The summed E-state index contributed by atoms with van der Waals surface area (Å²) in [7, 11) is 1.52. The number of rotatable bonds is 25. The van der Waals surface area contributed by atoms with E-state index < -0.39 is 59.9 Å². The number of unbranched alkanes of at least 4 members (excludes halogenated alkanes) is 3. The van der Waals surface area contributed by atoms with Crippen molar-refractivity contribution >= 4 is 40.8 Å². The summed E-state index contributed by atoms with van der Waals surface area (Å²) in [6.45, 7) is 10.4. The Morgan fingerprint density at radius 1 is 1.04 bits per heavy atom. The Kier molecular flexibility index (Phi) is 20.8. The van der Waals surface area contributed by atoms with Crippen LogP contribution >= 0.6 is 11.6 Å². The van der Waals surface area contributed by atoms with Crippen LogP contribution in [0.5, 0.6) is 0 Å². The number of piperidine rings is 1. The van der Waals surface area contributed by atoms with Gasteiger partial charge in [-0.1, -0.05) is 55.0 Å². The zero-order valence-corrected chi connectivity index (χ0v) is 41.7. The van der Waals surface area contributed by atoms with E-state index >= 15 is 0 Å². The Bertz CT molecular complexity index is 2540. The van der Waals surface area contributed by atoms with E-state index in [1.54, 1.807) is 55.3 Å². The van der Waals surface area contributed by atoms with Gasteiger partial charge in [0.2, 0.25) is 5.95 Å². The number of ether oxygens (including phenoxy) is 3. The molecule has 386 valence electrons. The van der Waals surface area contributed by atoms with Crippen LogP contribution in [0.1, 0.15) is 94.8 Å². The van der Waals surface area contributed by atoms with Gasteiger partial charge in [-0.15, -0.1) is 11.0 Å². The Hall–Kier alpha value is -5.38. The predicted octanol–water partition coefficient (Wildman–Crippen LogP) is 1.40. The molecule has 0 spiro atoms. The van der Waals surface area contributed by atoms with Crippen LogP contribution in [0.2, 0.25) is 5.02 Å². The number of esters is 1. The molecule has 5 atom stereocenters. The van der Waals surface area contributed by atoms with Crippen LogP contribution in [0, 0.1) is 11.8 Å². The molecule has 5 rings (SSSR count). The van der Waals surface area contributed by atoms with Crippen molar-refractivity contribution in [1.29, 1.82) is 0 Å². The number of carbonyl (C=O) groups excluding carboxylic acids is 2. The third-order valence-corrected chi connectivity index (χ3v) is 11.9. The SMILES string of the molecule is CC#CCn1c(N2CCC[C@@H](NC(=O)OC(C)(C)C)C2)nc2c1c(=O)n(Cc1ccc(Cl)cc1C(=O)OCCOCCn1cc(CN(CCCCCC)C[C@H](O)[C@@H](O)[C@H](O)[C@H](O)CO)nn1)c(=O)n2C. The highest BCUT2D eigenvalue weighted by atomic mass is 35.5. The summed E-state index contributed by atoms with van der Waals surface area (Å²) < 4.78 is 22.3. The molecular formula is C47H69ClN10O12. The summed E-state index contributed by atoms with van der Waals surface area (Å²) in [6.07, 6.45) is 0.0484. The molecule has 0 radical (unpaired) electrons. The second-order valence-corrected chi connectivity index (χ2v) is 18.8. The molecule has 1 aromatic carbocycles. The quantitative estimate of drug-likeness (QED) is 0.0311. The van der Waals surface area contributed by atoms with Gasteiger partial charge in [0.15, 0.2) is 11.2 Å². The molecular weight excluding hydrogens is 932 g/mol. The van der Waals surface area contributed by atoms with E-state index in [9.17, 15) is 39.6 Å². The zero-order valence-electron chi connectivity index (χ0n) is 40.9. The lowest BCUT2D eigenvalue weighted by molar-refractivity contribution is -0.119. The van der Waals surface area contributed by atoms with Crippen molar-refractivity contribution in [2.45, 2.75) is 135 Å². The fraction of sp³-hybridized carbons (Fsp3) is 0.638. The van der Waals surface area contributed by atoms with E-state index in [-0.39, 0.29) is 73.8 Å². The molecule has 22 nitrogen and oxygen atoms in total. The maximum Gasteiger partial charge on any atom is 0.407 e. The summed E-state index contributed by atoms with van der Waals surface area (Å²) in [4.78, 5) is 63.1. The van der Waals surface area contributed by atoms with Gasteiger partial charge in [0.25, 0.3) is 5.56 Å². The van der Waals surface area contributed by atoms with Crippen molar-refractivity contribution in [3.8, 4) is 11.8 Å². The second kappa shape index (κ2) is 26.2. The fourth-order valence-electron chi connectivity index (χ4n) is 8.06. The van der Waals surface area contributed by atoms with E-state index in [0.29, 0.717) is 49.8 Å². The van der Waals surface area contributed by atoms with Gasteiger partial charge in [0.05, 0.1) is 56.8 Å². The number of aliphatic hydroxyl groups is 5. The van der Waals surface area contributed by atoms with Crippen molar-refractivity contribution in [1.82, 2.24) is 43.9 Å². The summed E-state index contributed by atoms with van der Waals surface area (Å²) in [5.41, 5.74) is -0.711. The number of aliphatic hydroxyl groups excluding tert-OH is 5. The minimum Gasteiger partial charge on any atom is -0.460 e. The number of hydrogen-bond acceptors (Lipinski definition) is 17. The highest BCUT2D eigenvalue weighted by Gasteiger charge is 2.32. The van der Waals surface area contributed by atoms with Gasteiger partial charge in [-0.25, -0.2) is 19.1 Å². The molecule has 0 saturated carbocycles. The van der Waals surface area contributed by atoms with Crippen molar-refractivity contribution in [2.75, 3.05) is 57.5 Å². The third kappa shape index (κ3) is 15.3. The van der Waals surface area contributed by atoms with Crippen molar-refractivity contribution in [3.63, 3.8) is 0 Å². The smallest absolute Gasteiger partial charge is 0.407 e. The van der Waals surface area contributed by atoms with E-state index in [2.05, 4.69) is 34.4 Å². The first-order valence-corrected chi connectivity index (χ1v) is 24.0. The lowest BCUT2D eigenvalue weighted by atomic mass is 10.0. The first-order chi connectivity index (χ1) is 33.3. The van der Waals surface area contributed by atoms with Crippen LogP contribution in [0.4, 0.5) is 10.7 Å². The number of alkyl carbamates (subject to hydrolysis) is 1. The normalized spacial score (nSPS) is 15.9.